The smallest absolute Gasteiger partial charge is 0.407 e. The van der Waals surface area contributed by atoms with Crippen molar-refractivity contribution in [2.24, 2.45) is 0 Å². The number of epoxide rings is 1. The second-order valence-corrected chi connectivity index (χ2v) is 4.17. The average molecular weight is 187 g/mol. The topological polar surface area (TPSA) is 50.9 Å². The van der Waals surface area contributed by atoms with Gasteiger partial charge < -0.3 is 14.8 Å². The molecule has 0 unspecified atom stereocenters. The Morgan fingerprint density at radius 3 is 2.69 bits per heavy atom. The van der Waals surface area contributed by atoms with Crippen LogP contribution in [0.1, 0.15) is 27.2 Å². The van der Waals surface area contributed by atoms with Crippen molar-refractivity contribution in [1.29, 1.82) is 0 Å². The third kappa shape index (κ3) is 5.47. The lowest BCUT2D eigenvalue weighted by Crippen LogP contribution is -2.33. The molecule has 0 radical (unpaired) electrons. The largest absolute Gasteiger partial charge is 0.444 e. The molecule has 1 N–H and O–H groups in total. The van der Waals surface area contributed by atoms with Crippen molar-refractivity contribution < 1.29 is 14.3 Å². The molecule has 4 nitrogen and oxygen atoms in total. The predicted octanol–water partition coefficient (Wildman–Crippen LogP) is 1.30. The van der Waals surface area contributed by atoms with Gasteiger partial charge in [0.15, 0.2) is 0 Å². The molecule has 0 aromatic heterocycles. The van der Waals surface area contributed by atoms with Gasteiger partial charge in [0.05, 0.1) is 12.7 Å². The van der Waals surface area contributed by atoms with Gasteiger partial charge in [0.25, 0.3) is 0 Å². The summed E-state index contributed by atoms with van der Waals surface area (Å²) in [5, 5.41) is 2.67. The molecule has 0 bridgehead atoms. The van der Waals surface area contributed by atoms with E-state index in [0.29, 0.717) is 12.6 Å². The maximum atomic E-state index is 11.1. The normalized spacial score (nSPS) is 21.0. The molecule has 1 aliphatic rings. The highest BCUT2D eigenvalue weighted by molar-refractivity contribution is 5.67. The highest BCUT2D eigenvalue weighted by atomic mass is 16.6. The lowest BCUT2D eigenvalue weighted by Gasteiger charge is -2.19. The number of carbonyl (C=O) groups excluding carboxylic acids is 1. The Hall–Kier alpha value is -0.770. The van der Waals surface area contributed by atoms with Crippen molar-refractivity contribution in [2.75, 3.05) is 13.2 Å². The molecule has 1 fully saturated rings. The van der Waals surface area contributed by atoms with Crippen molar-refractivity contribution in [3.63, 3.8) is 0 Å². The maximum absolute atomic E-state index is 11.1. The van der Waals surface area contributed by atoms with Crippen molar-refractivity contribution in [1.82, 2.24) is 5.32 Å². The van der Waals surface area contributed by atoms with E-state index in [1.54, 1.807) is 0 Å². The Morgan fingerprint density at radius 2 is 2.23 bits per heavy atom. The Kier molecular flexibility index (Phi) is 3.14. The number of hydrogen-bond donors (Lipinski definition) is 1. The van der Waals surface area contributed by atoms with Gasteiger partial charge in [-0.05, 0) is 27.2 Å². The molecule has 0 aliphatic carbocycles. The summed E-state index contributed by atoms with van der Waals surface area (Å²) in [7, 11) is 0. The fraction of sp³-hybridized carbons (Fsp3) is 0.889. The van der Waals surface area contributed by atoms with Gasteiger partial charge in [0, 0.05) is 6.54 Å². The molecular formula is C9H17NO3. The molecule has 1 atom stereocenters. The lowest BCUT2D eigenvalue weighted by atomic mass is 10.2. The monoisotopic (exact) mass is 187 g/mol. The van der Waals surface area contributed by atoms with Crippen LogP contribution >= 0.6 is 0 Å². The molecule has 1 amide bonds. The summed E-state index contributed by atoms with van der Waals surface area (Å²) in [5.74, 6) is 0. The molecule has 1 heterocycles. The molecule has 1 saturated heterocycles. The van der Waals surface area contributed by atoms with Crippen LogP contribution in [0, 0.1) is 0 Å². The van der Waals surface area contributed by atoms with Gasteiger partial charge in [-0.2, -0.15) is 0 Å². The molecule has 1 rings (SSSR count). The summed E-state index contributed by atoms with van der Waals surface area (Å²) in [5.41, 5.74) is -0.417. The number of nitrogens with one attached hydrogen (secondary N) is 1. The van der Waals surface area contributed by atoms with Crippen molar-refractivity contribution >= 4 is 6.09 Å². The molecule has 13 heavy (non-hydrogen) atoms. The zero-order chi connectivity index (χ0) is 9.90. The quantitative estimate of drug-likeness (QED) is 0.677. The Balaban J connectivity index is 2.02. The summed E-state index contributed by atoms with van der Waals surface area (Å²) in [6, 6.07) is 0. The minimum Gasteiger partial charge on any atom is -0.444 e. The molecule has 1 aliphatic heterocycles. The third-order valence-electron chi connectivity index (χ3n) is 1.54. The molecule has 0 aromatic rings. The number of rotatable bonds is 3. The van der Waals surface area contributed by atoms with Gasteiger partial charge in [-0.25, -0.2) is 4.79 Å². The number of alkyl carbamates (subject to hydrolysis) is 1. The second-order valence-electron chi connectivity index (χ2n) is 4.17. The van der Waals surface area contributed by atoms with E-state index in [0.717, 1.165) is 13.0 Å². The van der Waals surface area contributed by atoms with Crippen molar-refractivity contribution in [3.05, 3.63) is 0 Å². The standard InChI is InChI=1S/C9H17NO3/c1-9(2,3)13-8(11)10-5-4-7-6-12-7/h7H,4-6H2,1-3H3,(H,10,11)/t7-/m0/s1. The summed E-state index contributed by atoms with van der Waals surface area (Å²) in [4.78, 5) is 11.1. The zero-order valence-corrected chi connectivity index (χ0v) is 8.42. The molecule has 4 heteroatoms. The highest BCUT2D eigenvalue weighted by Crippen LogP contribution is 2.12. The van der Waals surface area contributed by atoms with Crippen LogP contribution < -0.4 is 5.32 Å². The molecular weight excluding hydrogens is 170 g/mol. The summed E-state index contributed by atoms with van der Waals surface area (Å²) in [6.07, 6.45) is 0.877. The highest BCUT2D eigenvalue weighted by Gasteiger charge is 2.22. The van der Waals surface area contributed by atoms with Crippen LogP contribution in [-0.2, 0) is 9.47 Å². The van der Waals surface area contributed by atoms with Crippen molar-refractivity contribution in [3.8, 4) is 0 Å². The summed E-state index contributed by atoms with van der Waals surface area (Å²) in [6.45, 7) is 6.99. The molecule has 0 spiro atoms. The van der Waals surface area contributed by atoms with Crippen LogP contribution in [0.2, 0.25) is 0 Å². The fourth-order valence-electron chi connectivity index (χ4n) is 0.884. The van der Waals surface area contributed by atoms with Gasteiger partial charge in [-0.15, -0.1) is 0 Å². The second kappa shape index (κ2) is 3.96. The molecule has 0 saturated carbocycles. The Bertz CT molecular complexity index is 182. The fourth-order valence-corrected chi connectivity index (χ4v) is 0.884. The van der Waals surface area contributed by atoms with E-state index in [-0.39, 0.29) is 6.09 Å². The lowest BCUT2D eigenvalue weighted by molar-refractivity contribution is 0.0526. The van der Waals surface area contributed by atoms with Gasteiger partial charge in [0.2, 0.25) is 0 Å². The minimum atomic E-state index is -0.417. The first-order valence-electron chi connectivity index (χ1n) is 4.56. The minimum absolute atomic E-state index is 0.354. The van der Waals surface area contributed by atoms with Crippen LogP contribution in [0.25, 0.3) is 0 Å². The maximum Gasteiger partial charge on any atom is 0.407 e. The third-order valence-corrected chi connectivity index (χ3v) is 1.54. The van der Waals surface area contributed by atoms with Gasteiger partial charge in [0.1, 0.15) is 5.60 Å². The first-order chi connectivity index (χ1) is 5.97. The predicted molar refractivity (Wildman–Crippen MR) is 48.6 cm³/mol. The number of amides is 1. The van der Waals surface area contributed by atoms with Gasteiger partial charge >= 0.3 is 6.09 Å². The van der Waals surface area contributed by atoms with E-state index < -0.39 is 5.60 Å². The average Bonchev–Trinajstić information content (AvgIpc) is 2.66. The van der Waals surface area contributed by atoms with E-state index in [1.165, 1.54) is 0 Å². The first-order valence-corrected chi connectivity index (χ1v) is 4.56. The van der Waals surface area contributed by atoms with E-state index >= 15 is 0 Å². The number of hydrogen-bond acceptors (Lipinski definition) is 3. The van der Waals surface area contributed by atoms with Crippen molar-refractivity contribution in [2.45, 2.75) is 38.9 Å². The zero-order valence-electron chi connectivity index (χ0n) is 8.42. The SMILES string of the molecule is CC(C)(C)OC(=O)NCC[C@H]1CO1. The first kappa shape index (κ1) is 10.3. The van der Waals surface area contributed by atoms with Crippen LogP contribution in [0.5, 0.6) is 0 Å². The van der Waals surface area contributed by atoms with Crippen LogP contribution in [-0.4, -0.2) is 30.9 Å². The number of carbonyl (C=O) groups is 1. The van der Waals surface area contributed by atoms with E-state index in [4.69, 9.17) is 9.47 Å². The Labute approximate surface area is 78.6 Å². The summed E-state index contributed by atoms with van der Waals surface area (Å²) >= 11 is 0. The Morgan fingerprint density at radius 1 is 1.62 bits per heavy atom. The number of ether oxygens (including phenoxy) is 2. The van der Waals surface area contributed by atoms with Gasteiger partial charge in [-0.1, -0.05) is 0 Å². The van der Waals surface area contributed by atoms with Crippen LogP contribution in [0.15, 0.2) is 0 Å². The molecule has 0 aromatic carbocycles. The van der Waals surface area contributed by atoms with E-state index in [2.05, 4.69) is 5.32 Å². The van der Waals surface area contributed by atoms with E-state index in [9.17, 15) is 4.79 Å². The van der Waals surface area contributed by atoms with E-state index in [1.807, 2.05) is 20.8 Å². The van der Waals surface area contributed by atoms with Crippen LogP contribution in [0.3, 0.4) is 0 Å². The summed E-state index contributed by atoms with van der Waals surface area (Å²) < 4.78 is 10.0. The van der Waals surface area contributed by atoms with Gasteiger partial charge in [-0.3, -0.25) is 0 Å². The molecule has 76 valence electrons. The van der Waals surface area contributed by atoms with Crippen LogP contribution in [0.4, 0.5) is 4.79 Å².